The molecule has 4 nitrogen and oxygen atoms in total. The van der Waals surface area contributed by atoms with Gasteiger partial charge in [-0.3, -0.25) is 9.78 Å². The third-order valence-electron chi connectivity index (χ3n) is 4.46. The van der Waals surface area contributed by atoms with E-state index in [-0.39, 0.29) is 5.91 Å². The normalized spacial score (nSPS) is 11.0. The molecule has 1 N–H and O–H groups in total. The van der Waals surface area contributed by atoms with E-state index in [4.69, 9.17) is 0 Å². The third-order valence-corrected chi connectivity index (χ3v) is 6.03. The second-order valence-electron chi connectivity index (χ2n) is 6.44. The van der Waals surface area contributed by atoms with Gasteiger partial charge in [-0.15, -0.1) is 11.3 Å². The first kappa shape index (κ1) is 17.9. The molecule has 0 saturated heterocycles. The van der Waals surface area contributed by atoms with Crippen molar-refractivity contribution in [1.29, 1.82) is 0 Å². The molecule has 4 aromatic rings. The number of benzene rings is 1. The number of fused-ring (bicyclic) bond motifs is 1. The Balaban J connectivity index is 1.64. The number of thiophene rings is 1. The van der Waals surface area contributed by atoms with Crippen LogP contribution in [0.15, 0.2) is 64.7 Å². The van der Waals surface area contributed by atoms with Crippen molar-refractivity contribution in [2.45, 2.75) is 20.0 Å². The Kier molecular flexibility index (Phi) is 5.09. The van der Waals surface area contributed by atoms with Crippen LogP contribution in [0.5, 0.6) is 0 Å². The van der Waals surface area contributed by atoms with E-state index in [2.05, 4.69) is 68.1 Å². The van der Waals surface area contributed by atoms with Crippen molar-refractivity contribution in [3.05, 3.63) is 87.1 Å². The monoisotopic (exact) mass is 439 g/mol. The average Bonchev–Trinajstić information content (AvgIpc) is 3.19. The Bertz CT molecular complexity index is 1080. The lowest BCUT2D eigenvalue weighted by molar-refractivity contribution is 0.0942. The van der Waals surface area contributed by atoms with Crippen molar-refractivity contribution in [1.82, 2.24) is 14.9 Å². The molecular weight excluding hydrogens is 422 g/mol. The largest absolute Gasteiger partial charge is 0.347 e. The van der Waals surface area contributed by atoms with Crippen LogP contribution in [0, 0.1) is 6.92 Å². The molecule has 1 aromatic carbocycles. The number of hydrogen-bond donors (Lipinski definition) is 1. The van der Waals surface area contributed by atoms with Crippen molar-refractivity contribution in [2.75, 3.05) is 0 Å². The summed E-state index contributed by atoms with van der Waals surface area (Å²) >= 11 is 5.19. The van der Waals surface area contributed by atoms with E-state index in [1.807, 2.05) is 18.2 Å². The van der Waals surface area contributed by atoms with Gasteiger partial charge in [0, 0.05) is 25.5 Å². The molecule has 0 atom stereocenters. The van der Waals surface area contributed by atoms with Gasteiger partial charge in [0.2, 0.25) is 0 Å². The van der Waals surface area contributed by atoms with Crippen LogP contribution in [0.25, 0.3) is 10.2 Å². The molecule has 0 aliphatic rings. The van der Waals surface area contributed by atoms with Crippen LogP contribution in [0.3, 0.4) is 0 Å². The second-order valence-corrected chi connectivity index (χ2v) is 8.90. The minimum atomic E-state index is -0.0709. The first-order valence-corrected chi connectivity index (χ1v) is 10.2. The van der Waals surface area contributed by atoms with Crippen LogP contribution in [-0.4, -0.2) is 15.5 Å². The number of halogens is 1. The van der Waals surface area contributed by atoms with Gasteiger partial charge in [-0.05, 0) is 58.2 Å². The fourth-order valence-electron chi connectivity index (χ4n) is 3.02. The van der Waals surface area contributed by atoms with Gasteiger partial charge in [0.25, 0.3) is 5.91 Å². The predicted octanol–water partition coefficient (Wildman–Crippen LogP) is 5.15. The van der Waals surface area contributed by atoms with E-state index < -0.39 is 0 Å². The molecule has 0 radical (unpaired) electrons. The number of nitrogens with zero attached hydrogens (tertiary/aromatic N) is 2. The summed E-state index contributed by atoms with van der Waals surface area (Å²) in [6.07, 6.45) is 3.46. The fraction of sp³-hybridized carbons (Fsp3) is 0.143. The van der Waals surface area contributed by atoms with E-state index in [0.717, 1.165) is 19.6 Å². The number of aryl methyl sites for hydroxylation is 1. The minimum absolute atomic E-state index is 0.0709. The molecule has 0 aliphatic carbocycles. The Morgan fingerprint density at radius 2 is 1.85 bits per heavy atom. The Morgan fingerprint density at radius 1 is 1.11 bits per heavy atom. The summed E-state index contributed by atoms with van der Waals surface area (Å²) in [6, 6.07) is 16.3. The van der Waals surface area contributed by atoms with Gasteiger partial charge < -0.3 is 9.88 Å². The molecule has 0 spiro atoms. The first-order chi connectivity index (χ1) is 13.1. The zero-order valence-electron chi connectivity index (χ0n) is 14.8. The molecule has 6 heteroatoms. The average molecular weight is 440 g/mol. The summed E-state index contributed by atoms with van der Waals surface area (Å²) in [5.41, 5.74) is 5.17. The van der Waals surface area contributed by atoms with E-state index in [9.17, 15) is 4.79 Å². The lowest BCUT2D eigenvalue weighted by Gasteiger charge is -2.11. The molecule has 136 valence electrons. The van der Waals surface area contributed by atoms with Crippen LogP contribution in [0.4, 0.5) is 0 Å². The van der Waals surface area contributed by atoms with Crippen molar-refractivity contribution in [3.8, 4) is 0 Å². The zero-order chi connectivity index (χ0) is 18.8. The van der Waals surface area contributed by atoms with Crippen LogP contribution < -0.4 is 5.32 Å². The van der Waals surface area contributed by atoms with Gasteiger partial charge >= 0.3 is 0 Å². The highest BCUT2D eigenvalue weighted by Crippen LogP contribution is 2.33. The summed E-state index contributed by atoms with van der Waals surface area (Å²) in [5.74, 6) is -0.0709. The Morgan fingerprint density at radius 3 is 2.59 bits per heavy atom. The molecule has 3 heterocycles. The highest BCUT2D eigenvalue weighted by atomic mass is 79.9. The van der Waals surface area contributed by atoms with Gasteiger partial charge in [0.05, 0.1) is 14.0 Å². The fourth-order valence-corrected chi connectivity index (χ4v) is 4.58. The van der Waals surface area contributed by atoms with Crippen LogP contribution in [0.2, 0.25) is 0 Å². The van der Waals surface area contributed by atoms with Crippen LogP contribution in [-0.2, 0) is 13.1 Å². The summed E-state index contributed by atoms with van der Waals surface area (Å²) in [7, 11) is 0. The van der Waals surface area contributed by atoms with Crippen molar-refractivity contribution in [2.24, 2.45) is 0 Å². The number of nitrogens with one attached hydrogen (secondary N) is 1. The molecule has 0 saturated carbocycles. The standard InChI is InChI=1S/C21H18BrN3OS/c1-14-2-4-16(5-3-14)13-25-17-11-20(22)27-19(17)10-18(25)21(26)24-12-15-6-8-23-9-7-15/h2-11H,12-13H2,1H3,(H,24,26). The zero-order valence-corrected chi connectivity index (χ0v) is 17.2. The first-order valence-electron chi connectivity index (χ1n) is 8.61. The Labute approximate surface area is 170 Å². The molecule has 4 rings (SSSR count). The smallest absolute Gasteiger partial charge is 0.268 e. The maximum atomic E-state index is 12.9. The highest BCUT2D eigenvalue weighted by molar-refractivity contribution is 9.11. The lowest BCUT2D eigenvalue weighted by atomic mass is 10.1. The number of aromatic nitrogens is 2. The van der Waals surface area contributed by atoms with Gasteiger partial charge in [0.1, 0.15) is 5.69 Å². The molecule has 27 heavy (non-hydrogen) atoms. The third kappa shape index (κ3) is 3.96. The van der Waals surface area contributed by atoms with Crippen molar-refractivity contribution in [3.63, 3.8) is 0 Å². The number of carbonyl (C=O) groups excluding carboxylic acids is 1. The SMILES string of the molecule is Cc1ccc(Cn2c(C(=O)NCc3ccncc3)cc3sc(Br)cc32)cc1. The number of hydrogen-bond acceptors (Lipinski definition) is 3. The molecular formula is C21H18BrN3OS. The molecule has 3 aromatic heterocycles. The van der Waals surface area contributed by atoms with E-state index in [1.165, 1.54) is 11.1 Å². The maximum Gasteiger partial charge on any atom is 0.268 e. The number of amides is 1. The quantitative estimate of drug-likeness (QED) is 0.467. The van der Waals surface area contributed by atoms with Crippen molar-refractivity contribution < 1.29 is 4.79 Å². The van der Waals surface area contributed by atoms with Gasteiger partial charge in [0.15, 0.2) is 0 Å². The molecule has 0 unspecified atom stereocenters. The summed E-state index contributed by atoms with van der Waals surface area (Å²) in [6.45, 7) is 3.21. The molecule has 0 aliphatic heterocycles. The highest BCUT2D eigenvalue weighted by Gasteiger charge is 2.17. The van der Waals surface area contributed by atoms with E-state index >= 15 is 0 Å². The van der Waals surface area contributed by atoms with Gasteiger partial charge in [-0.1, -0.05) is 29.8 Å². The molecule has 0 bridgehead atoms. The van der Waals surface area contributed by atoms with Gasteiger partial charge in [-0.25, -0.2) is 0 Å². The lowest BCUT2D eigenvalue weighted by Crippen LogP contribution is -2.25. The topological polar surface area (TPSA) is 46.9 Å². The number of pyridine rings is 1. The molecule has 0 fully saturated rings. The minimum Gasteiger partial charge on any atom is -0.347 e. The van der Waals surface area contributed by atoms with E-state index in [0.29, 0.717) is 18.8 Å². The van der Waals surface area contributed by atoms with Crippen LogP contribution in [0.1, 0.15) is 27.2 Å². The van der Waals surface area contributed by atoms with Crippen LogP contribution >= 0.6 is 27.3 Å². The van der Waals surface area contributed by atoms with Crippen molar-refractivity contribution >= 4 is 43.4 Å². The number of carbonyl (C=O) groups is 1. The Hall–Kier alpha value is -2.44. The van der Waals surface area contributed by atoms with E-state index in [1.54, 1.807) is 23.7 Å². The predicted molar refractivity (Wildman–Crippen MR) is 113 cm³/mol. The molecule has 1 amide bonds. The van der Waals surface area contributed by atoms with Gasteiger partial charge in [-0.2, -0.15) is 0 Å². The second kappa shape index (κ2) is 7.66. The maximum absolute atomic E-state index is 12.9. The summed E-state index contributed by atoms with van der Waals surface area (Å²) in [4.78, 5) is 16.9. The summed E-state index contributed by atoms with van der Waals surface area (Å²) in [5, 5.41) is 3.02. The number of rotatable bonds is 5. The summed E-state index contributed by atoms with van der Waals surface area (Å²) < 4.78 is 4.25.